The Bertz CT molecular complexity index is 292. The molecule has 1 unspecified atom stereocenters. The Labute approximate surface area is 79.7 Å². The van der Waals surface area contributed by atoms with Crippen molar-refractivity contribution in [1.82, 2.24) is 9.97 Å². The van der Waals surface area contributed by atoms with Gasteiger partial charge in [0.15, 0.2) is 0 Å². The van der Waals surface area contributed by atoms with Crippen LogP contribution in [0.2, 0.25) is 0 Å². The van der Waals surface area contributed by atoms with Gasteiger partial charge in [-0.1, -0.05) is 19.1 Å². The second kappa shape index (κ2) is 4.75. The highest BCUT2D eigenvalue weighted by Gasteiger charge is 2.04. The van der Waals surface area contributed by atoms with Gasteiger partial charge in [-0.25, -0.2) is 9.97 Å². The summed E-state index contributed by atoms with van der Waals surface area (Å²) in [6, 6.07) is 1.99. The summed E-state index contributed by atoms with van der Waals surface area (Å²) < 4.78 is 0. The highest BCUT2D eigenvalue weighted by Crippen LogP contribution is 2.16. The lowest BCUT2D eigenvalue weighted by atomic mass is 10.0. The Morgan fingerprint density at radius 2 is 2.31 bits per heavy atom. The van der Waals surface area contributed by atoms with Crippen LogP contribution in [0, 0.1) is 6.92 Å². The number of rotatable bonds is 3. The van der Waals surface area contributed by atoms with E-state index in [4.69, 9.17) is 0 Å². The third kappa shape index (κ3) is 2.98. The first-order valence-electron chi connectivity index (χ1n) is 4.64. The molecule has 0 aliphatic rings. The van der Waals surface area contributed by atoms with Crippen molar-refractivity contribution in [3.05, 3.63) is 35.9 Å². The van der Waals surface area contributed by atoms with Gasteiger partial charge in [-0.2, -0.15) is 0 Å². The lowest BCUT2D eigenvalue weighted by molar-refractivity contribution is 0.736. The van der Waals surface area contributed by atoms with Crippen LogP contribution in [0.3, 0.4) is 0 Å². The summed E-state index contributed by atoms with van der Waals surface area (Å²) >= 11 is 0. The Morgan fingerprint density at radius 3 is 2.92 bits per heavy atom. The summed E-state index contributed by atoms with van der Waals surface area (Å²) in [5.74, 6) is 1.34. The molecular formula is C11H16N2. The van der Waals surface area contributed by atoms with Crippen LogP contribution in [-0.4, -0.2) is 9.97 Å². The molecule has 70 valence electrons. The molecule has 0 radical (unpaired) electrons. The van der Waals surface area contributed by atoms with E-state index in [0.717, 1.165) is 17.9 Å². The van der Waals surface area contributed by atoms with E-state index in [1.165, 1.54) is 0 Å². The molecule has 1 heterocycles. The molecule has 0 fully saturated rings. The smallest absolute Gasteiger partial charge is 0.125 e. The van der Waals surface area contributed by atoms with Crippen molar-refractivity contribution in [2.45, 2.75) is 33.1 Å². The molecule has 0 amide bonds. The maximum absolute atomic E-state index is 4.38. The van der Waals surface area contributed by atoms with E-state index in [1.807, 2.05) is 26.1 Å². The van der Waals surface area contributed by atoms with Crippen molar-refractivity contribution < 1.29 is 0 Å². The maximum atomic E-state index is 4.38. The summed E-state index contributed by atoms with van der Waals surface area (Å²) in [5, 5.41) is 0. The average Bonchev–Trinajstić information content (AvgIpc) is 2.14. The summed E-state index contributed by atoms with van der Waals surface area (Å²) in [4.78, 5) is 8.45. The van der Waals surface area contributed by atoms with Gasteiger partial charge >= 0.3 is 0 Å². The monoisotopic (exact) mass is 176 g/mol. The summed E-state index contributed by atoms with van der Waals surface area (Å²) in [5.41, 5.74) is 1.13. The largest absolute Gasteiger partial charge is 0.242 e. The zero-order valence-electron chi connectivity index (χ0n) is 8.49. The van der Waals surface area contributed by atoms with Gasteiger partial charge in [0.1, 0.15) is 5.82 Å². The van der Waals surface area contributed by atoms with Gasteiger partial charge in [0.2, 0.25) is 0 Å². The van der Waals surface area contributed by atoms with E-state index in [-0.39, 0.29) is 0 Å². The van der Waals surface area contributed by atoms with Crippen LogP contribution in [0.1, 0.15) is 37.7 Å². The fourth-order valence-electron chi connectivity index (χ4n) is 1.21. The van der Waals surface area contributed by atoms with E-state index >= 15 is 0 Å². The number of hydrogen-bond donors (Lipinski definition) is 0. The maximum Gasteiger partial charge on any atom is 0.125 e. The lowest BCUT2D eigenvalue weighted by Gasteiger charge is -2.07. The first-order valence-corrected chi connectivity index (χ1v) is 4.64. The minimum absolute atomic E-state index is 0.484. The average molecular weight is 176 g/mol. The first-order chi connectivity index (χ1) is 6.24. The van der Waals surface area contributed by atoms with Crippen molar-refractivity contribution in [2.24, 2.45) is 0 Å². The topological polar surface area (TPSA) is 25.8 Å². The number of hydrogen-bond acceptors (Lipinski definition) is 2. The molecule has 1 aromatic heterocycles. The standard InChI is InChI=1S/C11H16N2/c1-4-5-6-9(2)11-7-8-12-10(3)13-11/h4-5,7-9H,6H2,1-3H3/b5-4-. The van der Waals surface area contributed by atoms with Gasteiger partial charge in [-0.05, 0) is 26.3 Å². The van der Waals surface area contributed by atoms with Crippen LogP contribution in [0.5, 0.6) is 0 Å². The van der Waals surface area contributed by atoms with Gasteiger partial charge < -0.3 is 0 Å². The predicted octanol–water partition coefficient (Wildman–Crippen LogP) is 2.85. The Balaban J connectivity index is 2.70. The van der Waals surface area contributed by atoms with Gasteiger partial charge in [-0.3, -0.25) is 0 Å². The second-order valence-corrected chi connectivity index (χ2v) is 3.23. The molecular weight excluding hydrogens is 160 g/mol. The van der Waals surface area contributed by atoms with E-state index < -0.39 is 0 Å². The molecule has 0 aliphatic carbocycles. The minimum atomic E-state index is 0.484. The number of aromatic nitrogens is 2. The molecule has 0 N–H and O–H groups in total. The van der Waals surface area contributed by atoms with Crippen LogP contribution in [0.25, 0.3) is 0 Å². The van der Waals surface area contributed by atoms with Crippen LogP contribution in [0.4, 0.5) is 0 Å². The summed E-state index contributed by atoms with van der Waals surface area (Å²) in [6.07, 6.45) is 7.11. The normalized spacial score (nSPS) is 13.5. The highest BCUT2D eigenvalue weighted by atomic mass is 14.9. The third-order valence-electron chi connectivity index (χ3n) is 2.03. The van der Waals surface area contributed by atoms with E-state index in [0.29, 0.717) is 5.92 Å². The molecule has 0 bridgehead atoms. The van der Waals surface area contributed by atoms with Crippen molar-refractivity contribution in [3.8, 4) is 0 Å². The van der Waals surface area contributed by atoms with Gasteiger partial charge in [0.05, 0.1) is 0 Å². The first kappa shape index (κ1) is 9.90. The predicted molar refractivity (Wildman–Crippen MR) is 54.6 cm³/mol. The van der Waals surface area contributed by atoms with Crippen molar-refractivity contribution in [3.63, 3.8) is 0 Å². The second-order valence-electron chi connectivity index (χ2n) is 3.23. The van der Waals surface area contributed by atoms with Gasteiger partial charge in [-0.15, -0.1) is 0 Å². The van der Waals surface area contributed by atoms with E-state index in [1.54, 1.807) is 0 Å². The molecule has 0 aromatic carbocycles. The fraction of sp³-hybridized carbons (Fsp3) is 0.455. The van der Waals surface area contributed by atoms with Crippen LogP contribution >= 0.6 is 0 Å². The highest BCUT2D eigenvalue weighted by molar-refractivity contribution is 5.08. The number of aryl methyl sites for hydroxylation is 1. The molecule has 2 heteroatoms. The fourth-order valence-corrected chi connectivity index (χ4v) is 1.21. The molecule has 0 spiro atoms. The van der Waals surface area contributed by atoms with Crippen molar-refractivity contribution >= 4 is 0 Å². The Hall–Kier alpha value is -1.18. The Kier molecular flexibility index (Phi) is 3.62. The third-order valence-corrected chi connectivity index (χ3v) is 2.03. The zero-order valence-corrected chi connectivity index (χ0v) is 8.49. The Morgan fingerprint density at radius 1 is 1.54 bits per heavy atom. The molecule has 0 aliphatic heterocycles. The molecule has 13 heavy (non-hydrogen) atoms. The van der Waals surface area contributed by atoms with Gasteiger partial charge in [0.25, 0.3) is 0 Å². The van der Waals surface area contributed by atoms with Crippen LogP contribution < -0.4 is 0 Å². The molecule has 0 saturated carbocycles. The summed E-state index contributed by atoms with van der Waals surface area (Å²) in [6.45, 7) is 6.14. The molecule has 1 aromatic rings. The minimum Gasteiger partial charge on any atom is -0.242 e. The van der Waals surface area contributed by atoms with Crippen molar-refractivity contribution in [2.75, 3.05) is 0 Å². The van der Waals surface area contributed by atoms with Gasteiger partial charge in [0, 0.05) is 17.8 Å². The molecule has 1 atom stereocenters. The van der Waals surface area contributed by atoms with E-state index in [9.17, 15) is 0 Å². The summed E-state index contributed by atoms with van der Waals surface area (Å²) in [7, 11) is 0. The molecule has 1 rings (SSSR count). The SMILES string of the molecule is C/C=C\CC(C)c1ccnc(C)n1. The number of nitrogens with zero attached hydrogens (tertiary/aromatic N) is 2. The molecule has 0 saturated heterocycles. The lowest BCUT2D eigenvalue weighted by Crippen LogP contribution is -1.98. The van der Waals surface area contributed by atoms with Crippen LogP contribution in [0.15, 0.2) is 24.4 Å². The zero-order chi connectivity index (χ0) is 9.68. The molecule has 2 nitrogen and oxygen atoms in total. The van der Waals surface area contributed by atoms with Crippen LogP contribution in [-0.2, 0) is 0 Å². The quantitative estimate of drug-likeness (QED) is 0.662. The van der Waals surface area contributed by atoms with Crippen molar-refractivity contribution in [1.29, 1.82) is 0 Å². The number of allylic oxidation sites excluding steroid dienone is 2. The van der Waals surface area contributed by atoms with E-state index in [2.05, 4.69) is 29.0 Å².